The number of H-pyrrole nitrogens is 3. The fourth-order valence-corrected chi connectivity index (χ4v) is 3.30. The quantitative estimate of drug-likeness (QED) is 0.254. The molecule has 4 aromatic heterocycles. The van der Waals surface area contributed by atoms with Crippen molar-refractivity contribution in [3.8, 4) is 0 Å². The largest absolute Gasteiger partial charge is 0.432 e. The summed E-state index contributed by atoms with van der Waals surface area (Å²) < 4.78 is 0. The lowest BCUT2D eigenvalue weighted by Crippen LogP contribution is -1.88. The maximum atomic E-state index is 9.77. The number of fused-ring (bicyclic) bond motifs is 8. The van der Waals surface area contributed by atoms with Crippen LogP contribution in [0.1, 0.15) is 22.8 Å². The molecule has 0 saturated heterocycles. The third-order valence-electron chi connectivity index (χ3n) is 4.70. The van der Waals surface area contributed by atoms with E-state index in [1.54, 1.807) is 0 Å². The molecule has 8 bridgehead atoms. The van der Waals surface area contributed by atoms with Gasteiger partial charge in [-0.3, -0.25) is 0 Å². The Morgan fingerprint density at radius 1 is 0.688 bits per heavy atom. The highest BCUT2D eigenvalue weighted by Crippen LogP contribution is 2.17. The van der Waals surface area contributed by atoms with E-state index in [0.717, 1.165) is 44.8 Å². The van der Waals surface area contributed by atoms with Gasteiger partial charge in [0, 0.05) is 22.1 Å². The normalized spacial score (nSPS) is 11.8. The number of hydrogen-bond donors (Lipinski definition) is 3. The van der Waals surface area contributed by atoms with E-state index in [4.69, 9.17) is 0 Å². The molecular weight excluding hydrogens is 406 g/mol. The number of imidazole rings is 1. The second-order valence-electron chi connectivity index (χ2n) is 7.08. The Bertz CT molecular complexity index is 1420. The lowest BCUT2D eigenvalue weighted by molar-refractivity contribution is -0.393. The summed E-state index contributed by atoms with van der Waals surface area (Å²) >= 11 is 0. The molecule has 0 unspecified atom stereocenters. The minimum Gasteiger partial charge on any atom is -0.390 e. The molecule has 4 aromatic rings. The van der Waals surface area contributed by atoms with Gasteiger partial charge in [0.05, 0.1) is 29.0 Å². The van der Waals surface area contributed by atoms with E-state index in [1.165, 1.54) is 12.4 Å². The Hall–Kier alpha value is -4.79. The first kappa shape index (κ1) is 19.2. The monoisotopic (exact) mass is 423 g/mol. The van der Waals surface area contributed by atoms with Gasteiger partial charge < -0.3 is 20.1 Å². The molecule has 0 saturated carbocycles. The second kappa shape index (κ2) is 8.15. The Kier molecular flexibility index (Phi) is 4.89. The fraction of sp³-hybridized carbons (Fsp3) is 0. The summed E-state index contributed by atoms with van der Waals surface area (Å²) in [4.78, 5) is 30.9. The van der Waals surface area contributed by atoms with Gasteiger partial charge in [0.25, 0.3) is 0 Å². The van der Waals surface area contributed by atoms with Gasteiger partial charge in [-0.15, -0.1) is 0 Å². The van der Waals surface area contributed by atoms with Crippen LogP contribution in [0.5, 0.6) is 0 Å². The van der Waals surface area contributed by atoms with Crippen molar-refractivity contribution in [2.45, 2.75) is 0 Å². The smallest absolute Gasteiger partial charge is 0.390 e. The number of aromatic amines is 3. The van der Waals surface area contributed by atoms with Crippen LogP contribution in [0.25, 0.3) is 46.4 Å². The summed E-state index contributed by atoms with van der Waals surface area (Å²) in [6.07, 6.45) is 10.8. The highest BCUT2D eigenvalue weighted by Gasteiger charge is 2.02. The van der Waals surface area contributed by atoms with Crippen LogP contribution in [0, 0.1) is 10.1 Å². The van der Waals surface area contributed by atoms with E-state index in [1.807, 2.05) is 42.5 Å². The van der Waals surface area contributed by atoms with Crippen molar-refractivity contribution in [1.82, 2.24) is 29.9 Å². The maximum Gasteiger partial charge on any atom is 0.432 e. The van der Waals surface area contributed by atoms with Crippen LogP contribution in [0.3, 0.4) is 0 Å². The van der Waals surface area contributed by atoms with Crippen LogP contribution in [-0.4, -0.2) is 34.8 Å². The van der Waals surface area contributed by atoms with Gasteiger partial charge in [-0.1, -0.05) is 4.98 Å². The maximum absolute atomic E-state index is 9.77. The van der Waals surface area contributed by atoms with Crippen molar-refractivity contribution in [3.63, 3.8) is 0 Å². The van der Waals surface area contributed by atoms with E-state index in [2.05, 4.69) is 60.2 Å². The zero-order chi connectivity index (χ0) is 21.9. The number of hydrogen-bond acceptors (Lipinski definition) is 5. The van der Waals surface area contributed by atoms with Crippen molar-refractivity contribution in [3.05, 3.63) is 93.8 Å². The molecule has 2 aliphatic rings. The second-order valence-corrected chi connectivity index (χ2v) is 7.08. The Labute approximate surface area is 181 Å². The Morgan fingerprint density at radius 2 is 1.16 bits per heavy atom. The third-order valence-corrected chi connectivity index (χ3v) is 4.70. The molecule has 3 N–H and O–H groups in total. The van der Waals surface area contributed by atoms with Crippen LogP contribution in [0.2, 0.25) is 0 Å². The SMILES string of the molecule is C1=Cc2cc3ccc(cc4ccc(cc5nc(cc1n2)C=C5)[nH]4)[nH]3.O=[N+]([O-])c1ncc[nH]1. The molecule has 156 valence electrons. The predicted molar refractivity (Wildman–Crippen MR) is 124 cm³/mol. The predicted octanol–water partition coefficient (Wildman–Crippen LogP) is 4.97. The number of rotatable bonds is 1. The van der Waals surface area contributed by atoms with Crippen LogP contribution in [0.4, 0.5) is 5.95 Å². The highest BCUT2D eigenvalue weighted by molar-refractivity contribution is 5.77. The summed E-state index contributed by atoms with van der Waals surface area (Å²) in [7, 11) is 0. The van der Waals surface area contributed by atoms with Gasteiger partial charge in [0.2, 0.25) is 0 Å². The molecule has 6 heterocycles. The Morgan fingerprint density at radius 3 is 1.56 bits per heavy atom. The lowest BCUT2D eigenvalue weighted by Gasteiger charge is -1.86. The zero-order valence-corrected chi connectivity index (χ0v) is 16.7. The van der Waals surface area contributed by atoms with Crippen LogP contribution < -0.4 is 0 Å². The molecular formula is C23H17N7O2. The van der Waals surface area contributed by atoms with Crippen LogP contribution in [-0.2, 0) is 0 Å². The molecule has 0 spiro atoms. The molecule has 9 nitrogen and oxygen atoms in total. The fourth-order valence-electron chi connectivity index (χ4n) is 3.30. The molecule has 6 rings (SSSR count). The molecule has 0 fully saturated rings. The molecule has 2 aliphatic heterocycles. The van der Waals surface area contributed by atoms with Crippen LogP contribution >= 0.6 is 0 Å². The standard InChI is InChI=1S/C20H14N4.C3H3N3O2/c1-2-14-10-16-5-6-18(23-16)12-20-8-7-19(24-20)11-17-4-3-15(22-17)9-13(1)21-14;7-6(8)3-4-1-2-5-3/h1-12,21-22H;1-2H,(H,4,5). The zero-order valence-electron chi connectivity index (χ0n) is 16.7. The summed E-state index contributed by atoms with van der Waals surface area (Å²) in [5.74, 6) is -0.218. The summed E-state index contributed by atoms with van der Waals surface area (Å²) in [5, 5.41) is 9.77. The van der Waals surface area contributed by atoms with Gasteiger partial charge in [0.1, 0.15) is 6.20 Å². The van der Waals surface area contributed by atoms with E-state index < -0.39 is 4.92 Å². The van der Waals surface area contributed by atoms with Gasteiger partial charge in [-0.05, 0) is 77.8 Å². The van der Waals surface area contributed by atoms with E-state index >= 15 is 0 Å². The topological polar surface area (TPSA) is 129 Å². The van der Waals surface area contributed by atoms with E-state index in [0.29, 0.717) is 0 Å². The van der Waals surface area contributed by atoms with Gasteiger partial charge in [0.15, 0.2) is 0 Å². The summed E-state index contributed by atoms with van der Waals surface area (Å²) in [5.41, 5.74) is 7.86. The van der Waals surface area contributed by atoms with Crippen molar-refractivity contribution in [1.29, 1.82) is 0 Å². The van der Waals surface area contributed by atoms with Crippen molar-refractivity contribution in [2.24, 2.45) is 0 Å². The van der Waals surface area contributed by atoms with E-state index in [-0.39, 0.29) is 5.95 Å². The molecule has 0 atom stereocenters. The Balaban J connectivity index is 0.000000230. The molecule has 0 amide bonds. The van der Waals surface area contributed by atoms with Crippen molar-refractivity contribution < 1.29 is 4.92 Å². The first-order valence-corrected chi connectivity index (χ1v) is 9.79. The number of nitrogens with one attached hydrogen (secondary N) is 3. The summed E-state index contributed by atoms with van der Waals surface area (Å²) in [6, 6.07) is 16.4. The average Bonchev–Trinajstić information content (AvgIpc) is 3.56. The lowest BCUT2D eigenvalue weighted by atomic mass is 10.3. The number of nitrogens with zero attached hydrogens (tertiary/aromatic N) is 4. The average molecular weight is 423 g/mol. The molecule has 9 heteroatoms. The highest BCUT2D eigenvalue weighted by atomic mass is 16.6. The van der Waals surface area contributed by atoms with Crippen LogP contribution in [0.15, 0.2) is 60.9 Å². The third kappa shape index (κ3) is 4.36. The van der Waals surface area contributed by atoms with E-state index in [9.17, 15) is 10.1 Å². The minimum absolute atomic E-state index is 0.218. The number of nitro groups is 1. The van der Waals surface area contributed by atoms with Crippen molar-refractivity contribution in [2.75, 3.05) is 0 Å². The number of aromatic nitrogens is 6. The van der Waals surface area contributed by atoms with Gasteiger partial charge in [-0.2, -0.15) is 0 Å². The van der Waals surface area contributed by atoms with Gasteiger partial charge >= 0.3 is 5.95 Å². The molecule has 0 radical (unpaired) electrons. The molecule has 0 aliphatic carbocycles. The molecule has 0 aromatic carbocycles. The minimum atomic E-state index is -0.583. The first-order valence-electron chi connectivity index (χ1n) is 9.79. The molecule has 32 heavy (non-hydrogen) atoms. The first-order chi connectivity index (χ1) is 15.6. The summed E-state index contributed by atoms with van der Waals surface area (Å²) in [6.45, 7) is 0. The van der Waals surface area contributed by atoms with Crippen molar-refractivity contribution >= 4 is 52.3 Å². The van der Waals surface area contributed by atoms with Gasteiger partial charge in [-0.25, -0.2) is 15.0 Å².